The maximum Gasteiger partial charge on any atom is 0.163 e. The molecule has 0 saturated heterocycles. The van der Waals surface area contributed by atoms with Crippen LogP contribution in [0.4, 0.5) is 8.78 Å². The molecule has 1 aromatic carbocycles. The monoisotopic (exact) mass is 264 g/mol. The molecular formula is C15H18F2N2. The summed E-state index contributed by atoms with van der Waals surface area (Å²) in [5, 5.41) is 0. The molecule has 1 unspecified atom stereocenters. The molecule has 19 heavy (non-hydrogen) atoms. The normalized spacial score (nSPS) is 12.6. The van der Waals surface area contributed by atoms with E-state index in [1.807, 2.05) is 23.0 Å². The second-order valence-corrected chi connectivity index (χ2v) is 4.73. The van der Waals surface area contributed by atoms with Crippen molar-refractivity contribution < 1.29 is 8.78 Å². The maximum atomic E-state index is 13.6. The summed E-state index contributed by atoms with van der Waals surface area (Å²) >= 11 is 0. The third-order valence-corrected chi connectivity index (χ3v) is 3.19. The minimum Gasteiger partial charge on any atom is -0.349 e. The van der Waals surface area contributed by atoms with Crippen LogP contribution in [0.15, 0.2) is 36.7 Å². The van der Waals surface area contributed by atoms with Crippen LogP contribution in [0.5, 0.6) is 0 Å². The quantitative estimate of drug-likeness (QED) is 0.878. The van der Waals surface area contributed by atoms with E-state index in [0.717, 1.165) is 24.5 Å². The summed E-state index contributed by atoms with van der Waals surface area (Å²) in [4.78, 5) is 0. The van der Waals surface area contributed by atoms with E-state index in [2.05, 4.69) is 6.92 Å². The third-order valence-electron chi connectivity index (χ3n) is 3.19. The van der Waals surface area contributed by atoms with E-state index in [9.17, 15) is 8.78 Å². The van der Waals surface area contributed by atoms with Crippen LogP contribution >= 0.6 is 0 Å². The van der Waals surface area contributed by atoms with E-state index < -0.39 is 11.6 Å². The Balaban J connectivity index is 2.14. The van der Waals surface area contributed by atoms with Gasteiger partial charge in [0.2, 0.25) is 0 Å². The van der Waals surface area contributed by atoms with Crippen molar-refractivity contribution in [3.8, 4) is 0 Å². The van der Waals surface area contributed by atoms with E-state index in [-0.39, 0.29) is 6.04 Å². The van der Waals surface area contributed by atoms with Crippen LogP contribution in [0.25, 0.3) is 0 Å². The van der Waals surface area contributed by atoms with Crippen LogP contribution < -0.4 is 5.73 Å². The number of benzene rings is 1. The van der Waals surface area contributed by atoms with Gasteiger partial charge in [0.05, 0.1) is 0 Å². The van der Waals surface area contributed by atoms with Crippen LogP contribution in [0.3, 0.4) is 0 Å². The molecule has 0 radical (unpaired) electrons. The zero-order chi connectivity index (χ0) is 13.8. The van der Waals surface area contributed by atoms with Gasteiger partial charge in [-0.15, -0.1) is 0 Å². The summed E-state index contributed by atoms with van der Waals surface area (Å²) in [6, 6.07) is 6.16. The summed E-state index contributed by atoms with van der Waals surface area (Å²) < 4.78 is 28.5. The molecule has 4 heteroatoms. The van der Waals surface area contributed by atoms with E-state index in [1.54, 1.807) is 6.07 Å². The first-order valence-electron chi connectivity index (χ1n) is 6.46. The molecule has 2 aromatic rings. The lowest BCUT2D eigenvalue weighted by Crippen LogP contribution is -2.09. The summed E-state index contributed by atoms with van der Waals surface area (Å²) in [6.07, 6.45) is 5.67. The number of aromatic nitrogens is 1. The van der Waals surface area contributed by atoms with Gasteiger partial charge in [-0.3, -0.25) is 0 Å². The molecule has 0 spiro atoms. The lowest BCUT2D eigenvalue weighted by atomic mass is 10.1. The molecule has 0 bridgehead atoms. The highest BCUT2D eigenvalue weighted by molar-refractivity contribution is 5.21. The van der Waals surface area contributed by atoms with Gasteiger partial charge in [-0.25, -0.2) is 8.78 Å². The van der Waals surface area contributed by atoms with E-state index >= 15 is 0 Å². The van der Waals surface area contributed by atoms with Crippen LogP contribution in [0.2, 0.25) is 0 Å². The highest BCUT2D eigenvalue weighted by Crippen LogP contribution is 2.18. The number of rotatable bonds is 5. The minimum absolute atomic E-state index is 0.00334. The average molecular weight is 264 g/mol. The summed E-state index contributed by atoms with van der Waals surface area (Å²) in [7, 11) is 0. The molecule has 0 aliphatic heterocycles. The van der Waals surface area contributed by atoms with Gasteiger partial charge < -0.3 is 10.3 Å². The fraction of sp³-hybridized carbons (Fsp3) is 0.333. The molecule has 102 valence electrons. The highest BCUT2D eigenvalue weighted by atomic mass is 19.2. The Morgan fingerprint density at radius 1 is 1.26 bits per heavy atom. The van der Waals surface area contributed by atoms with Crippen molar-refractivity contribution in [1.82, 2.24) is 4.57 Å². The first kappa shape index (κ1) is 13.7. The number of nitrogens with two attached hydrogens (primary N) is 1. The van der Waals surface area contributed by atoms with Crippen molar-refractivity contribution in [3.63, 3.8) is 0 Å². The van der Waals surface area contributed by atoms with Crippen LogP contribution in [0.1, 0.15) is 36.9 Å². The predicted molar refractivity (Wildman–Crippen MR) is 71.7 cm³/mol. The Kier molecular flexibility index (Phi) is 4.32. The van der Waals surface area contributed by atoms with Crippen molar-refractivity contribution in [3.05, 3.63) is 59.4 Å². The van der Waals surface area contributed by atoms with E-state index in [0.29, 0.717) is 12.1 Å². The molecule has 0 aliphatic rings. The van der Waals surface area contributed by atoms with Gasteiger partial charge in [-0.1, -0.05) is 25.5 Å². The average Bonchev–Trinajstić information content (AvgIpc) is 2.84. The van der Waals surface area contributed by atoms with Crippen molar-refractivity contribution in [2.45, 2.75) is 32.4 Å². The SMILES string of the molecule is CCCC(N)c1ccn(Cc2cccc(F)c2F)c1. The lowest BCUT2D eigenvalue weighted by Gasteiger charge is -2.08. The smallest absolute Gasteiger partial charge is 0.163 e. The third kappa shape index (κ3) is 3.20. The van der Waals surface area contributed by atoms with Gasteiger partial charge in [0.1, 0.15) is 0 Å². The molecule has 2 rings (SSSR count). The molecule has 1 atom stereocenters. The predicted octanol–water partition coefficient (Wildman–Crippen LogP) is 3.61. The Labute approximate surface area is 111 Å². The van der Waals surface area contributed by atoms with Crippen molar-refractivity contribution in [2.24, 2.45) is 5.73 Å². The second kappa shape index (κ2) is 5.97. The summed E-state index contributed by atoms with van der Waals surface area (Å²) in [5.41, 5.74) is 7.38. The maximum absolute atomic E-state index is 13.6. The van der Waals surface area contributed by atoms with Crippen molar-refractivity contribution in [2.75, 3.05) is 0 Å². The van der Waals surface area contributed by atoms with Gasteiger partial charge in [-0.2, -0.15) is 0 Å². The molecule has 0 amide bonds. The van der Waals surface area contributed by atoms with Gasteiger partial charge in [0.15, 0.2) is 11.6 Å². The Hall–Kier alpha value is -1.68. The largest absolute Gasteiger partial charge is 0.349 e. The highest BCUT2D eigenvalue weighted by Gasteiger charge is 2.10. The van der Waals surface area contributed by atoms with Crippen molar-refractivity contribution in [1.29, 1.82) is 0 Å². The number of hydrogen-bond donors (Lipinski definition) is 1. The van der Waals surface area contributed by atoms with E-state index in [4.69, 9.17) is 5.73 Å². The number of hydrogen-bond acceptors (Lipinski definition) is 1. The standard InChI is InChI=1S/C15H18F2N2/c1-2-4-14(18)11-7-8-19(9-11)10-12-5-3-6-13(16)15(12)17/h3,5-9,14H,2,4,10,18H2,1H3. The Morgan fingerprint density at radius 3 is 2.79 bits per heavy atom. The Morgan fingerprint density at radius 2 is 2.05 bits per heavy atom. The van der Waals surface area contributed by atoms with Crippen LogP contribution in [-0.4, -0.2) is 4.57 Å². The van der Waals surface area contributed by atoms with Crippen LogP contribution in [0, 0.1) is 11.6 Å². The second-order valence-electron chi connectivity index (χ2n) is 4.73. The van der Waals surface area contributed by atoms with Gasteiger partial charge in [0, 0.05) is 30.5 Å². The first-order valence-corrected chi connectivity index (χ1v) is 6.46. The number of nitrogens with zero attached hydrogens (tertiary/aromatic N) is 1. The molecule has 0 saturated carbocycles. The molecule has 2 nitrogen and oxygen atoms in total. The lowest BCUT2D eigenvalue weighted by molar-refractivity contribution is 0.495. The fourth-order valence-electron chi connectivity index (χ4n) is 2.12. The van der Waals surface area contributed by atoms with Crippen molar-refractivity contribution >= 4 is 0 Å². The molecule has 1 heterocycles. The molecule has 1 aromatic heterocycles. The van der Waals surface area contributed by atoms with E-state index in [1.165, 1.54) is 6.07 Å². The Bertz CT molecular complexity index is 549. The zero-order valence-corrected chi connectivity index (χ0v) is 10.9. The van der Waals surface area contributed by atoms with Gasteiger partial charge in [0.25, 0.3) is 0 Å². The number of halogens is 2. The molecule has 2 N–H and O–H groups in total. The molecule has 0 fully saturated rings. The topological polar surface area (TPSA) is 30.9 Å². The first-order chi connectivity index (χ1) is 9.11. The van der Waals surface area contributed by atoms with Gasteiger partial charge in [-0.05, 0) is 24.1 Å². The minimum atomic E-state index is -0.812. The van der Waals surface area contributed by atoms with Gasteiger partial charge >= 0.3 is 0 Å². The fourth-order valence-corrected chi connectivity index (χ4v) is 2.12. The van der Waals surface area contributed by atoms with Crippen LogP contribution in [-0.2, 0) is 6.54 Å². The molecule has 0 aliphatic carbocycles. The molecular weight excluding hydrogens is 246 g/mol. The summed E-state index contributed by atoms with van der Waals surface area (Å²) in [6.45, 7) is 2.39. The summed E-state index contributed by atoms with van der Waals surface area (Å²) in [5.74, 6) is -1.59. The zero-order valence-electron chi connectivity index (χ0n) is 10.9.